The van der Waals surface area contributed by atoms with Crippen LogP contribution in [0.5, 0.6) is 0 Å². The van der Waals surface area contributed by atoms with Crippen LogP contribution in [0.3, 0.4) is 0 Å². The molecule has 1 amide bonds. The summed E-state index contributed by atoms with van der Waals surface area (Å²) in [6, 6.07) is 7.89. The summed E-state index contributed by atoms with van der Waals surface area (Å²) in [6.45, 7) is 1.25. The van der Waals surface area contributed by atoms with Crippen LogP contribution in [-0.4, -0.2) is 41.7 Å². The van der Waals surface area contributed by atoms with Crippen LogP contribution in [0.1, 0.15) is 54.4 Å². The number of likely N-dealkylation sites (tertiary alicyclic amines) is 1. The molecule has 0 radical (unpaired) electrons. The first-order chi connectivity index (χ1) is 11.2. The number of ether oxygens (including phenoxy) is 1. The highest BCUT2D eigenvalue weighted by Gasteiger charge is 2.39. The first-order valence-electron chi connectivity index (χ1n) is 8.78. The minimum absolute atomic E-state index is 0.0953. The maximum Gasteiger partial charge on any atom is 0.254 e. The van der Waals surface area contributed by atoms with Gasteiger partial charge < -0.3 is 14.7 Å². The summed E-state index contributed by atoms with van der Waals surface area (Å²) in [6.07, 6.45) is 5.98. The van der Waals surface area contributed by atoms with Crippen molar-refractivity contribution in [2.24, 2.45) is 5.92 Å². The summed E-state index contributed by atoms with van der Waals surface area (Å²) in [5, 5.41) is 10.4. The van der Waals surface area contributed by atoms with E-state index < -0.39 is 0 Å². The average molecular weight is 317 g/mol. The number of carbonyl (C=O) groups is 1. The highest BCUT2D eigenvalue weighted by molar-refractivity contribution is 5.96. The van der Waals surface area contributed by atoms with Crippen LogP contribution in [0.2, 0.25) is 0 Å². The predicted octanol–water partition coefficient (Wildman–Crippen LogP) is 2.99. The van der Waals surface area contributed by atoms with Crippen molar-refractivity contribution < 1.29 is 14.6 Å². The molecule has 1 heterocycles. The summed E-state index contributed by atoms with van der Waals surface area (Å²) in [5.41, 5.74) is 1.68. The van der Waals surface area contributed by atoms with Gasteiger partial charge in [-0.15, -0.1) is 0 Å². The number of nitrogens with zero attached hydrogens (tertiary/aromatic N) is 1. The molecule has 0 bridgehead atoms. The monoisotopic (exact) mass is 317 g/mol. The summed E-state index contributed by atoms with van der Waals surface area (Å²) in [7, 11) is 1.65. The van der Waals surface area contributed by atoms with Crippen molar-refractivity contribution in [3.8, 4) is 0 Å². The summed E-state index contributed by atoms with van der Waals surface area (Å²) in [4.78, 5) is 15.1. The van der Waals surface area contributed by atoms with Crippen LogP contribution >= 0.6 is 0 Å². The number of rotatable bonds is 4. The van der Waals surface area contributed by atoms with Gasteiger partial charge in [-0.1, -0.05) is 31.0 Å². The first kappa shape index (κ1) is 16.5. The zero-order valence-corrected chi connectivity index (χ0v) is 13.9. The van der Waals surface area contributed by atoms with Gasteiger partial charge in [-0.2, -0.15) is 0 Å². The van der Waals surface area contributed by atoms with Crippen molar-refractivity contribution in [1.29, 1.82) is 0 Å². The smallest absolute Gasteiger partial charge is 0.254 e. The molecule has 1 saturated carbocycles. The van der Waals surface area contributed by atoms with Gasteiger partial charge in [0.2, 0.25) is 0 Å². The second-order valence-corrected chi connectivity index (χ2v) is 6.81. The Bertz CT molecular complexity index is 545. The Morgan fingerprint density at radius 2 is 2.00 bits per heavy atom. The van der Waals surface area contributed by atoms with Crippen LogP contribution in [0.4, 0.5) is 0 Å². The van der Waals surface area contributed by atoms with E-state index in [1.165, 1.54) is 6.42 Å². The lowest BCUT2D eigenvalue weighted by Crippen LogP contribution is -2.45. The molecule has 23 heavy (non-hydrogen) atoms. The second kappa shape index (κ2) is 7.45. The first-order valence-corrected chi connectivity index (χ1v) is 8.78. The van der Waals surface area contributed by atoms with E-state index in [2.05, 4.69) is 0 Å². The number of hydrogen-bond donors (Lipinski definition) is 1. The molecule has 3 rings (SSSR count). The lowest BCUT2D eigenvalue weighted by Gasteiger charge is -2.37. The number of hydrogen-bond acceptors (Lipinski definition) is 3. The van der Waals surface area contributed by atoms with E-state index in [9.17, 15) is 9.90 Å². The van der Waals surface area contributed by atoms with Gasteiger partial charge in [-0.25, -0.2) is 0 Å². The molecular formula is C19H27NO3. The molecule has 4 heteroatoms. The van der Waals surface area contributed by atoms with E-state index >= 15 is 0 Å². The van der Waals surface area contributed by atoms with Crippen LogP contribution in [-0.2, 0) is 11.3 Å². The van der Waals surface area contributed by atoms with Gasteiger partial charge in [0.05, 0.1) is 12.7 Å². The Hall–Kier alpha value is -1.39. The van der Waals surface area contributed by atoms with Gasteiger partial charge in [-0.05, 0) is 37.3 Å². The fraction of sp³-hybridized carbons (Fsp3) is 0.632. The van der Waals surface area contributed by atoms with Crippen molar-refractivity contribution >= 4 is 5.91 Å². The number of amides is 1. The molecule has 3 atom stereocenters. The SMILES string of the molecule is COCc1ccccc1C(=O)N1CCC[C@@H]1[C@H]1CCCC[C@H]1O. The molecule has 1 saturated heterocycles. The standard InChI is InChI=1S/C19H27NO3/c1-23-13-14-7-2-3-8-15(14)19(22)20-12-6-10-17(20)16-9-4-5-11-18(16)21/h2-3,7-8,16-18,21H,4-6,9-13H2,1H3/t16-,17-,18-/m1/s1. The third-order valence-corrected chi connectivity index (χ3v) is 5.38. The fourth-order valence-electron chi connectivity index (χ4n) is 4.24. The second-order valence-electron chi connectivity index (χ2n) is 6.81. The van der Waals surface area contributed by atoms with E-state index in [0.29, 0.717) is 6.61 Å². The van der Waals surface area contributed by atoms with Gasteiger partial charge in [0, 0.05) is 31.2 Å². The zero-order valence-electron chi connectivity index (χ0n) is 13.9. The van der Waals surface area contributed by atoms with Gasteiger partial charge in [0.1, 0.15) is 0 Å². The van der Waals surface area contributed by atoms with Gasteiger partial charge in [0.25, 0.3) is 5.91 Å². The molecule has 0 unspecified atom stereocenters. The van der Waals surface area contributed by atoms with Crippen molar-refractivity contribution in [2.75, 3.05) is 13.7 Å². The van der Waals surface area contributed by atoms with Crippen molar-refractivity contribution in [3.05, 3.63) is 35.4 Å². The highest BCUT2D eigenvalue weighted by atomic mass is 16.5. The Morgan fingerprint density at radius 1 is 1.22 bits per heavy atom. The van der Waals surface area contributed by atoms with Crippen LogP contribution in [0.25, 0.3) is 0 Å². The van der Waals surface area contributed by atoms with E-state index in [0.717, 1.165) is 49.8 Å². The Kier molecular flexibility index (Phi) is 5.34. The number of benzene rings is 1. The maximum atomic E-state index is 13.1. The number of carbonyl (C=O) groups excluding carboxylic acids is 1. The van der Waals surface area contributed by atoms with E-state index in [1.54, 1.807) is 7.11 Å². The quantitative estimate of drug-likeness (QED) is 0.929. The lowest BCUT2D eigenvalue weighted by molar-refractivity contribution is 0.0210. The van der Waals surface area contributed by atoms with Crippen molar-refractivity contribution in [1.82, 2.24) is 4.90 Å². The summed E-state index contributed by atoms with van der Waals surface area (Å²) in [5.74, 6) is 0.336. The average Bonchev–Trinajstić information content (AvgIpc) is 3.05. The fourth-order valence-corrected chi connectivity index (χ4v) is 4.24. The molecule has 1 aliphatic heterocycles. The van der Waals surface area contributed by atoms with Crippen molar-refractivity contribution in [2.45, 2.75) is 57.3 Å². The highest BCUT2D eigenvalue weighted by Crippen LogP contribution is 2.35. The molecule has 4 nitrogen and oxygen atoms in total. The van der Waals surface area contributed by atoms with Gasteiger partial charge in [0.15, 0.2) is 0 Å². The van der Waals surface area contributed by atoms with Crippen LogP contribution in [0, 0.1) is 5.92 Å². The Balaban J connectivity index is 1.81. The number of aliphatic hydroxyl groups is 1. The minimum atomic E-state index is -0.253. The number of aliphatic hydroxyl groups excluding tert-OH is 1. The Morgan fingerprint density at radius 3 is 2.78 bits per heavy atom. The van der Waals surface area contributed by atoms with Crippen LogP contribution in [0.15, 0.2) is 24.3 Å². The molecule has 1 aliphatic carbocycles. The van der Waals surface area contributed by atoms with Crippen LogP contribution < -0.4 is 0 Å². The normalized spacial score (nSPS) is 28.1. The molecule has 0 aromatic heterocycles. The zero-order chi connectivity index (χ0) is 16.2. The summed E-state index contributed by atoms with van der Waals surface area (Å²) >= 11 is 0. The third-order valence-electron chi connectivity index (χ3n) is 5.38. The largest absolute Gasteiger partial charge is 0.393 e. The van der Waals surface area contributed by atoms with Gasteiger partial charge >= 0.3 is 0 Å². The molecule has 0 spiro atoms. The molecule has 126 valence electrons. The molecule has 2 aliphatic rings. The van der Waals surface area contributed by atoms with Gasteiger partial charge in [-0.3, -0.25) is 4.79 Å². The Labute approximate surface area is 138 Å². The molecule has 1 aromatic rings. The molecule has 1 N–H and O–H groups in total. The predicted molar refractivity (Wildman–Crippen MR) is 89.2 cm³/mol. The van der Waals surface area contributed by atoms with E-state index in [1.807, 2.05) is 29.2 Å². The molecule has 2 fully saturated rings. The number of methoxy groups -OCH3 is 1. The third kappa shape index (κ3) is 3.43. The molecular weight excluding hydrogens is 290 g/mol. The molecule has 1 aromatic carbocycles. The topological polar surface area (TPSA) is 49.8 Å². The maximum absolute atomic E-state index is 13.1. The summed E-state index contributed by atoms with van der Waals surface area (Å²) < 4.78 is 5.23. The van der Waals surface area contributed by atoms with E-state index in [-0.39, 0.29) is 24.0 Å². The lowest BCUT2D eigenvalue weighted by atomic mass is 9.80. The van der Waals surface area contributed by atoms with E-state index in [4.69, 9.17) is 4.74 Å². The minimum Gasteiger partial charge on any atom is -0.393 e. The van der Waals surface area contributed by atoms with Crippen molar-refractivity contribution in [3.63, 3.8) is 0 Å².